The molecule has 618 valence electrons. The molecule has 0 aliphatic carbocycles. The Kier molecular flexibility index (Phi) is 84.6. The van der Waals surface area contributed by atoms with E-state index in [0.29, 0.717) is 17.4 Å². The Balaban J connectivity index is 3.87. The first-order valence-corrected chi connectivity index (χ1v) is 46.8. The van der Waals surface area contributed by atoms with Gasteiger partial charge in [0.05, 0.1) is 34.4 Å². The average molecular weight is 1480 g/mol. The van der Waals surface area contributed by atoms with Gasteiger partial charge < -0.3 is 28.5 Å². The van der Waals surface area contributed by atoms with E-state index in [1.165, 1.54) is 411 Å². The second kappa shape index (κ2) is 86.8. The van der Waals surface area contributed by atoms with Crippen LogP contribution < -0.4 is 0 Å². The number of hydrogen-bond acceptors (Lipinski definition) is 7. The Morgan fingerprint density at radius 3 is 0.771 bits per heavy atom. The van der Waals surface area contributed by atoms with Crippen LogP contribution in [0.5, 0.6) is 0 Å². The fourth-order valence-electron chi connectivity index (χ4n) is 14.4. The van der Waals surface area contributed by atoms with E-state index in [4.69, 9.17) is 18.9 Å². The number of carbonyl (C=O) groups excluding carboxylic acids is 2. The zero-order valence-electron chi connectivity index (χ0n) is 71.2. The van der Waals surface area contributed by atoms with Crippen LogP contribution in [0.2, 0.25) is 0 Å². The van der Waals surface area contributed by atoms with Crippen LogP contribution in [0.1, 0.15) is 489 Å². The summed E-state index contributed by atoms with van der Waals surface area (Å²) in [4.78, 5) is 37.9. The predicted molar refractivity (Wildman–Crippen MR) is 457 cm³/mol. The summed E-state index contributed by atoms with van der Waals surface area (Å²) in [7, 11) is 6.01. The number of allylic oxidation sites excluding steroid dienone is 8. The van der Waals surface area contributed by atoms with Crippen LogP contribution in [-0.4, -0.2) is 87.4 Å². The molecule has 0 heterocycles. The number of esters is 2. The molecule has 0 bridgehead atoms. The highest BCUT2D eigenvalue weighted by molar-refractivity contribution is 5.71. The first-order chi connectivity index (χ1) is 51.6. The Morgan fingerprint density at radius 1 is 0.286 bits per heavy atom. The van der Waals surface area contributed by atoms with Crippen molar-refractivity contribution in [2.75, 3.05) is 47.5 Å². The molecule has 0 aromatic carbocycles. The van der Waals surface area contributed by atoms with Crippen LogP contribution in [0.25, 0.3) is 0 Å². The summed E-state index contributed by atoms with van der Waals surface area (Å²) in [6.07, 6.45) is 113. The molecule has 0 spiro atoms. The largest absolute Gasteiger partial charge is 0.477 e. The lowest BCUT2D eigenvalue weighted by atomic mass is 10.0. The van der Waals surface area contributed by atoms with Gasteiger partial charge >= 0.3 is 17.9 Å². The molecule has 0 aromatic heterocycles. The second-order valence-corrected chi connectivity index (χ2v) is 33.3. The molecule has 1 N–H and O–H groups in total. The van der Waals surface area contributed by atoms with Gasteiger partial charge in [-0.2, -0.15) is 0 Å². The minimum absolute atomic E-state index is 0.175. The summed E-state index contributed by atoms with van der Waals surface area (Å²) in [6, 6.07) is 0. The van der Waals surface area contributed by atoms with Crippen LogP contribution in [0, 0.1) is 0 Å². The summed E-state index contributed by atoms with van der Waals surface area (Å²) in [6.45, 7) is 4.95. The minimum atomic E-state index is -1.51. The van der Waals surface area contributed by atoms with E-state index in [2.05, 4.69) is 62.5 Å². The Bertz CT molecular complexity index is 1870. The molecule has 2 unspecified atom stereocenters. The van der Waals surface area contributed by atoms with Gasteiger partial charge in [0.25, 0.3) is 6.29 Å². The topological polar surface area (TPSA) is 108 Å². The highest BCUT2D eigenvalue weighted by Gasteiger charge is 2.25. The average Bonchev–Trinajstić information content (AvgIpc) is 1.18. The highest BCUT2D eigenvalue weighted by atomic mass is 16.7. The van der Waals surface area contributed by atoms with Gasteiger partial charge in [-0.05, 0) is 77.0 Å². The number of rotatable bonds is 89. The van der Waals surface area contributed by atoms with Crippen molar-refractivity contribution in [1.82, 2.24) is 0 Å². The third kappa shape index (κ3) is 88.3. The Morgan fingerprint density at radius 2 is 0.514 bits per heavy atom. The van der Waals surface area contributed by atoms with E-state index in [9.17, 15) is 19.5 Å². The van der Waals surface area contributed by atoms with E-state index in [0.717, 1.165) is 51.4 Å². The fourth-order valence-corrected chi connectivity index (χ4v) is 14.4. The molecule has 0 aromatic rings. The lowest BCUT2D eigenvalue weighted by molar-refractivity contribution is -0.870. The summed E-state index contributed by atoms with van der Waals surface area (Å²) in [5.74, 6) is -1.96. The number of hydrogen-bond donors (Lipinski definition) is 1. The van der Waals surface area contributed by atoms with E-state index in [1.807, 2.05) is 21.1 Å². The molecule has 0 rings (SSSR count). The molecule has 0 aliphatic rings. The van der Waals surface area contributed by atoms with E-state index < -0.39 is 18.4 Å². The van der Waals surface area contributed by atoms with Gasteiger partial charge in [-0.15, -0.1) is 0 Å². The number of ether oxygens (including phenoxy) is 4. The number of carbonyl (C=O) groups is 3. The number of likely N-dealkylation sites (N-methyl/N-ethyl adjacent to an activating group) is 1. The lowest BCUT2D eigenvalue weighted by Crippen LogP contribution is -2.40. The van der Waals surface area contributed by atoms with Crippen molar-refractivity contribution >= 4 is 17.9 Å². The van der Waals surface area contributed by atoms with E-state index in [-0.39, 0.29) is 38.2 Å². The fraction of sp³-hybridized carbons (Fsp3) is 0.885. The Labute approximate surface area is 654 Å². The summed E-state index contributed by atoms with van der Waals surface area (Å²) < 4.78 is 23.1. The number of nitrogens with zero attached hydrogens (tertiary/aromatic N) is 1. The monoisotopic (exact) mass is 1480 g/mol. The van der Waals surface area contributed by atoms with Gasteiger partial charge in [-0.1, -0.05) is 448 Å². The predicted octanol–water partition coefficient (Wildman–Crippen LogP) is 30.7. The van der Waals surface area contributed by atoms with Crippen molar-refractivity contribution in [3.05, 3.63) is 48.6 Å². The van der Waals surface area contributed by atoms with Gasteiger partial charge in [0, 0.05) is 12.8 Å². The van der Waals surface area contributed by atoms with Crippen LogP contribution in [0.3, 0.4) is 0 Å². The van der Waals surface area contributed by atoms with Crippen LogP contribution in [0.4, 0.5) is 0 Å². The van der Waals surface area contributed by atoms with E-state index in [1.54, 1.807) is 0 Å². The molecule has 9 heteroatoms. The standard InChI is InChI=1S/C96H181NO8/c1-6-8-10-12-14-16-18-20-22-24-26-28-30-32-34-36-38-40-42-44-46-47-49-51-53-55-57-59-61-63-65-67-69-71-73-75-77-79-81-83-85-87-94(99)105-92(91-104-96(95(100)101)102-89-88-97(3,4)5)90-103-93(98)86-84-82-80-78-76-74-72-70-68-66-64-62-60-58-56-54-52-50-48-45-43-41-39-37-35-33-31-29-27-25-23-21-19-17-15-13-11-9-7-2/h18,20,24-27,30,32,92,96H,6-17,19,21-23,28-29,31,33-91H2,1-5H3/p+1/b20-18-,26-24-,27-25-,32-30-. The van der Waals surface area contributed by atoms with Crippen LogP contribution in [-0.2, 0) is 33.3 Å². The van der Waals surface area contributed by atoms with Gasteiger partial charge in [-0.3, -0.25) is 9.59 Å². The van der Waals surface area contributed by atoms with Gasteiger partial charge in [-0.25, -0.2) is 4.79 Å². The maximum atomic E-state index is 13.0. The number of unbranched alkanes of at least 4 members (excludes halogenated alkanes) is 66. The van der Waals surface area contributed by atoms with Gasteiger partial charge in [0.15, 0.2) is 6.10 Å². The maximum absolute atomic E-state index is 13.0. The molecular weight excluding hydrogens is 1300 g/mol. The molecule has 105 heavy (non-hydrogen) atoms. The molecule has 0 saturated heterocycles. The second-order valence-electron chi connectivity index (χ2n) is 33.3. The molecule has 0 amide bonds. The van der Waals surface area contributed by atoms with Crippen molar-refractivity contribution < 1.29 is 42.9 Å². The van der Waals surface area contributed by atoms with Gasteiger partial charge in [0.1, 0.15) is 13.2 Å². The first kappa shape index (κ1) is 102. The minimum Gasteiger partial charge on any atom is -0.477 e. The molecule has 9 nitrogen and oxygen atoms in total. The molecular formula is C96H182NO8+. The molecule has 0 aliphatic heterocycles. The van der Waals surface area contributed by atoms with Crippen LogP contribution >= 0.6 is 0 Å². The summed E-state index contributed by atoms with van der Waals surface area (Å²) in [5.41, 5.74) is 0. The maximum Gasteiger partial charge on any atom is 0.361 e. The Hall–Kier alpha value is -2.75. The smallest absolute Gasteiger partial charge is 0.361 e. The number of carboxylic acid groups (broad SMARTS) is 1. The van der Waals surface area contributed by atoms with Gasteiger partial charge in [0.2, 0.25) is 0 Å². The van der Waals surface area contributed by atoms with Crippen molar-refractivity contribution in [3.63, 3.8) is 0 Å². The van der Waals surface area contributed by atoms with Crippen molar-refractivity contribution in [2.45, 2.75) is 501 Å². The molecule has 2 atom stereocenters. The third-order valence-corrected chi connectivity index (χ3v) is 21.6. The zero-order chi connectivity index (χ0) is 76.0. The molecule has 0 radical (unpaired) electrons. The lowest BCUT2D eigenvalue weighted by Gasteiger charge is -2.25. The quantitative estimate of drug-likeness (QED) is 0.0211. The summed E-state index contributed by atoms with van der Waals surface area (Å²) in [5, 5.41) is 9.80. The van der Waals surface area contributed by atoms with E-state index >= 15 is 0 Å². The van der Waals surface area contributed by atoms with Crippen LogP contribution in [0.15, 0.2) is 48.6 Å². The normalized spacial score (nSPS) is 12.7. The highest BCUT2D eigenvalue weighted by Crippen LogP contribution is 2.21. The number of aliphatic carboxylic acids is 1. The number of quaternary nitrogens is 1. The SMILES string of the molecule is CCCCCCC/C=C\C/C=C\C/C=C\CCCCCCCCCCCCCCCCCCCCCCCCCCCCC(=O)OC(COC(=O)CCCCCCCCCCCCCCCCCCCCCCCCCCCCC/C=C\CCCCCCCCCC)COC(OCC[N+](C)(C)C)C(=O)O. The first-order valence-electron chi connectivity index (χ1n) is 46.8. The molecule has 0 fully saturated rings. The molecule has 0 saturated carbocycles. The van der Waals surface area contributed by atoms with Crippen molar-refractivity contribution in [2.24, 2.45) is 0 Å². The number of carboxylic acids is 1. The zero-order valence-corrected chi connectivity index (χ0v) is 71.2. The van der Waals surface area contributed by atoms with Crippen molar-refractivity contribution in [3.8, 4) is 0 Å². The third-order valence-electron chi connectivity index (χ3n) is 21.6. The van der Waals surface area contributed by atoms with Crippen molar-refractivity contribution in [1.29, 1.82) is 0 Å². The summed E-state index contributed by atoms with van der Waals surface area (Å²) >= 11 is 0.